The number of fused-ring (bicyclic) bond motifs is 22. The second kappa shape index (κ2) is 40.0. The zero-order chi connectivity index (χ0) is 92.3. The Balaban J connectivity index is 0.0000000977. The molecule has 0 radical (unpaired) electrons. The molecule has 0 fully saturated rings. The molecule has 0 bridgehead atoms. The minimum atomic E-state index is 0.966. The molecule has 0 N–H and O–H groups in total. The highest BCUT2D eigenvalue weighted by Gasteiger charge is 2.13. The van der Waals surface area contributed by atoms with Crippen LogP contribution >= 0.6 is 0 Å². The monoisotopic (exact) mass is 1740 g/mol. The molecule has 4 heterocycles. The second-order valence-corrected chi connectivity index (χ2v) is 35.0. The maximum Gasteiger partial charge on any atom is 0.138 e. The highest BCUT2D eigenvalue weighted by Crippen LogP contribution is 2.38. The van der Waals surface area contributed by atoms with E-state index in [-0.39, 0.29) is 0 Å². The average molecular weight is 1740 g/mol. The fraction of sp³-hybridized carbons (Fsp3) is 0.0687. The standard InChI is InChI=1S/C19H16.4C15H12.4C13H10O/c1-15-12-18(16-8-4-2-5-9-16)14-19(13-15)17-10-6-3-7-11-17;1-11-14-8-4-2-6-12(14)10-13-7-3-5-9-15(11)13;1-11-10-12-6-2-3-8-14(12)15-9-5-4-7-13(11)15;1-11-5-4-8-14-9-12-6-2-3-7-13(12)10-15(11)14;1-11-6-9-15-13(10-11)8-7-12-4-2-3-5-14(12)15;1-9-5-4-7-11-10-6-2-3-8-12(10)14-13(9)11;1-9-5-4-8-12-13(9)10-6-2-3-7-11(10)14-12;1-9-6-7-13-11(8-9)10-4-2-3-5-12(10)14-13;1-9-6-7-11-10-4-2-3-5-12(10)14-13(11)8-9/h2-14H,1H3;4*2-10H,1H3;4*2-8H,1H3. The van der Waals surface area contributed by atoms with E-state index < -0.39 is 0 Å². The predicted octanol–water partition coefficient (Wildman–Crippen LogP) is 38.1. The predicted molar refractivity (Wildman–Crippen MR) is 581 cm³/mol. The lowest BCUT2D eigenvalue weighted by molar-refractivity contribution is 0.665. The Bertz CT molecular complexity index is 8750. The summed E-state index contributed by atoms with van der Waals surface area (Å²) in [5.41, 5.74) is 24.5. The number of hydrogen-bond donors (Lipinski definition) is 0. The van der Waals surface area contributed by atoms with Crippen molar-refractivity contribution < 1.29 is 17.7 Å². The number of rotatable bonds is 2. The van der Waals surface area contributed by atoms with Crippen LogP contribution < -0.4 is 0 Å². The molecular formula is C131H104O4. The van der Waals surface area contributed by atoms with Crippen molar-refractivity contribution in [2.45, 2.75) is 62.3 Å². The Morgan fingerprint density at radius 2 is 0.489 bits per heavy atom. The molecule has 0 saturated heterocycles. The molecular weight excluding hydrogens is 1640 g/mol. The molecule has 4 heteroatoms. The Labute approximate surface area is 787 Å². The highest BCUT2D eigenvalue weighted by molar-refractivity contribution is 6.12. The van der Waals surface area contributed by atoms with Crippen molar-refractivity contribution in [1.82, 2.24) is 0 Å². The van der Waals surface area contributed by atoms with Crippen LogP contribution in [-0.4, -0.2) is 0 Å². The summed E-state index contributed by atoms with van der Waals surface area (Å²) in [6, 6.07) is 163. The van der Waals surface area contributed by atoms with Crippen molar-refractivity contribution in [3.63, 3.8) is 0 Å². The van der Waals surface area contributed by atoms with Crippen LogP contribution in [0.1, 0.15) is 50.1 Å². The van der Waals surface area contributed by atoms with Gasteiger partial charge in [0.25, 0.3) is 0 Å². The van der Waals surface area contributed by atoms with Crippen LogP contribution in [0.15, 0.2) is 485 Å². The Kier molecular flexibility index (Phi) is 26.0. The summed E-state index contributed by atoms with van der Waals surface area (Å²) in [6.07, 6.45) is 0. The summed E-state index contributed by atoms with van der Waals surface area (Å²) in [4.78, 5) is 0. The van der Waals surface area contributed by atoms with Gasteiger partial charge in [0.1, 0.15) is 44.7 Å². The Morgan fingerprint density at radius 3 is 1.12 bits per heavy atom. The van der Waals surface area contributed by atoms with Crippen molar-refractivity contribution in [2.24, 2.45) is 0 Å². The van der Waals surface area contributed by atoms with Crippen LogP contribution in [0.25, 0.3) is 196 Å². The minimum absolute atomic E-state index is 0.966. The molecule has 0 aliphatic heterocycles. The molecule has 652 valence electrons. The molecule has 23 aromatic carbocycles. The SMILES string of the molecule is Cc1c2ccccc2cc2ccccc12.Cc1cc(-c2ccccc2)cc(-c2ccccc2)c1.Cc1cc2ccccc2c2ccccc12.Cc1ccc2c(c1)oc1ccccc12.Cc1ccc2c(ccc3ccccc32)c1.Cc1ccc2oc3ccccc3c2c1.Cc1cccc2c1oc1ccccc12.Cc1cccc2cc3ccccc3cc12.Cc1cccc2oc3ccccc3c12. The van der Waals surface area contributed by atoms with Gasteiger partial charge in [0.15, 0.2) is 0 Å². The van der Waals surface area contributed by atoms with E-state index in [0.717, 1.165) is 44.7 Å². The van der Waals surface area contributed by atoms with E-state index in [4.69, 9.17) is 17.7 Å². The number of hydrogen-bond acceptors (Lipinski definition) is 4. The number of para-hydroxylation sites is 5. The molecule has 4 nitrogen and oxygen atoms in total. The van der Waals surface area contributed by atoms with E-state index in [1.54, 1.807) is 0 Å². The first-order chi connectivity index (χ1) is 66.1. The summed E-state index contributed by atoms with van der Waals surface area (Å²) in [5, 5.41) is 31.1. The van der Waals surface area contributed by atoms with Gasteiger partial charge in [-0.05, 0) is 282 Å². The summed E-state index contributed by atoms with van der Waals surface area (Å²) in [6.45, 7) is 19.2. The first-order valence-corrected chi connectivity index (χ1v) is 46.4. The first kappa shape index (κ1) is 87.7. The normalized spacial score (nSPS) is 11.0. The molecule has 27 aromatic rings. The van der Waals surface area contributed by atoms with E-state index in [9.17, 15) is 0 Å². The molecule has 4 aromatic heterocycles. The van der Waals surface area contributed by atoms with Gasteiger partial charge in [0, 0.05) is 43.1 Å². The molecule has 0 amide bonds. The van der Waals surface area contributed by atoms with Gasteiger partial charge in [0.05, 0.1) is 0 Å². The number of aryl methyl sites for hydroxylation is 9. The molecule has 0 aliphatic rings. The van der Waals surface area contributed by atoms with Gasteiger partial charge in [-0.1, -0.05) is 405 Å². The third kappa shape index (κ3) is 19.4. The molecule has 27 rings (SSSR count). The van der Waals surface area contributed by atoms with Gasteiger partial charge in [-0.15, -0.1) is 0 Å². The van der Waals surface area contributed by atoms with E-state index in [0.29, 0.717) is 0 Å². The maximum atomic E-state index is 5.78. The van der Waals surface area contributed by atoms with E-state index in [1.165, 1.54) is 202 Å². The number of furan rings is 4. The van der Waals surface area contributed by atoms with E-state index in [2.05, 4.69) is 438 Å². The molecule has 135 heavy (non-hydrogen) atoms. The minimum Gasteiger partial charge on any atom is -0.456 e. The zero-order valence-corrected chi connectivity index (χ0v) is 77.6. The van der Waals surface area contributed by atoms with Gasteiger partial charge >= 0.3 is 0 Å². The lowest BCUT2D eigenvalue weighted by Crippen LogP contribution is -1.84. The third-order valence-corrected chi connectivity index (χ3v) is 25.5. The highest BCUT2D eigenvalue weighted by atomic mass is 16.3. The molecule has 0 atom stereocenters. The molecule has 0 aliphatic carbocycles. The van der Waals surface area contributed by atoms with Gasteiger partial charge in [-0.2, -0.15) is 0 Å². The van der Waals surface area contributed by atoms with Crippen LogP contribution in [0.4, 0.5) is 0 Å². The number of benzene rings is 23. The van der Waals surface area contributed by atoms with Crippen molar-refractivity contribution in [1.29, 1.82) is 0 Å². The van der Waals surface area contributed by atoms with Gasteiger partial charge in [0.2, 0.25) is 0 Å². The van der Waals surface area contributed by atoms with Crippen LogP contribution in [0.5, 0.6) is 0 Å². The lowest BCUT2D eigenvalue weighted by Gasteiger charge is -2.08. The van der Waals surface area contributed by atoms with Gasteiger partial charge < -0.3 is 17.7 Å². The van der Waals surface area contributed by atoms with Gasteiger partial charge in [-0.25, -0.2) is 0 Å². The quantitative estimate of drug-likeness (QED) is 0.128. The van der Waals surface area contributed by atoms with Crippen LogP contribution in [0.2, 0.25) is 0 Å². The molecule has 0 spiro atoms. The smallest absolute Gasteiger partial charge is 0.138 e. The third-order valence-electron chi connectivity index (χ3n) is 25.5. The summed E-state index contributed by atoms with van der Waals surface area (Å²) in [7, 11) is 0. The summed E-state index contributed by atoms with van der Waals surface area (Å²) < 4.78 is 23.0. The largest absolute Gasteiger partial charge is 0.456 e. The van der Waals surface area contributed by atoms with Crippen LogP contribution in [0.3, 0.4) is 0 Å². The maximum absolute atomic E-state index is 5.78. The Morgan fingerprint density at radius 1 is 0.133 bits per heavy atom. The van der Waals surface area contributed by atoms with Crippen molar-refractivity contribution in [3.8, 4) is 22.3 Å². The van der Waals surface area contributed by atoms with Gasteiger partial charge in [-0.3, -0.25) is 0 Å². The topological polar surface area (TPSA) is 52.6 Å². The lowest BCUT2D eigenvalue weighted by atomic mass is 9.97. The fourth-order valence-corrected chi connectivity index (χ4v) is 18.6. The zero-order valence-electron chi connectivity index (χ0n) is 77.6. The summed E-state index contributed by atoms with van der Waals surface area (Å²) in [5.74, 6) is 0. The fourth-order valence-electron chi connectivity index (χ4n) is 18.6. The average Bonchev–Trinajstić information content (AvgIpc) is 1.73. The van der Waals surface area contributed by atoms with Crippen LogP contribution in [0, 0.1) is 62.3 Å². The van der Waals surface area contributed by atoms with E-state index in [1.807, 2.05) is 91.0 Å². The summed E-state index contributed by atoms with van der Waals surface area (Å²) >= 11 is 0. The van der Waals surface area contributed by atoms with Crippen LogP contribution in [-0.2, 0) is 0 Å². The Hall–Kier alpha value is -16.7. The molecule has 0 unspecified atom stereocenters. The first-order valence-electron chi connectivity index (χ1n) is 46.4. The molecule has 0 saturated carbocycles. The van der Waals surface area contributed by atoms with E-state index >= 15 is 0 Å². The van der Waals surface area contributed by atoms with Crippen molar-refractivity contribution >= 4 is 174 Å². The second-order valence-electron chi connectivity index (χ2n) is 35.0. The van der Waals surface area contributed by atoms with Crippen molar-refractivity contribution in [2.75, 3.05) is 0 Å². The van der Waals surface area contributed by atoms with Crippen molar-refractivity contribution in [3.05, 3.63) is 517 Å².